The summed E-state index contributed by atoms with van der Waals surface area (Å²) in [5.41, 5.74) is 1.77. The van der Waals surface area contributed by atoms with E-state index >= 15 is 0 Å². The van der Waals surface area contributed by atoms with E-state index in [1.807, 2.05) is 30.3 Å². The third-order valence-corrected chi connectivity index (χ3v) is 4.50. The number of benzene rings is 3. The first-order valence-corrected chi connectivity index (χ1v) is 8.07. The van der Waals surface area contributed by atoms with Crippen molar-refractivity contribution in [3.63, 3.8) is 0 Å². The molecule has 23 heavy (non-hydrogen) atoms. The third kappa shape index (κ3) is 4.05. The number of hydrogen-bond donors (Lipinski definition) is 2. The Balaban J connectivity index is 1.74. The molecule has 4 heteroatoms. The fourth-order valence-electron chi connectivity index (χ4n) is 2.18. The largest absolute Gasteiger partial charge is 0.505 e. The molecule has 0 aliphatic rings. The molecule has 0 unspecified atom stereocenters. The average Bonchev–Trinajstić information content (AvgIpc) is 2.58. The van der Waals surface area contributed by atoms with E-state index < -0.39 is 5.82 Å². The number of aromatic hydroxyl groups is 1. The Morgan fingerprint density at radius 3 is 2.43 bits per heavy atom. The first kappa shape index (κ1) is 15.4. The van der Waals surface area contributed by atoms with Crippen LogP contribution in [0.15, 0.2) is 82.6 Å². The fourth-order valence-corrected chi connectivity index (χ4v) is 3.14. The van der Waals surface area contributed by atoms with E-state index in [9.17, 15) is 9.50 Å². The van der Waals surface area contributed by atoms with E-state index in [0.29, 0.717) is 12.2 Å². The van der Waals surface area contributed by atoms with Gasteiger partial charge in [-0.1, -0.05) is 48.2 Å². The quantitative estimate of drug-likeness (QED) is 0.625. The molecule has 0 fully saturated rings. The minimum Gasteiger partial charge on any atom is -0.505 e. The summed E-state index contributed by atoms with van der Waals surface area (Å²) in [7, 11) is 0. The van der Waals surface area contributed by atoms with Crippen LogP contribution in [0.2, 0.25) is 0 Å². The van der Waals surface area contributed by atoms with Crippen molar-refractivity contribution in [1.29, 1.82) is 0 Å². The van der Waals surface area contributed by atoms with Crippen molar-refractivity contribution < 1.29 is 9.50 Å². The molecule has 0 saturated heterocycles. The Morgan fingerprint density at radius 2 is 1.65 bits per heavy atom. The van der Waals surface area contributed by atoms with Gasteiger partial charge in [0.15, 0.2) is 11.6 Å². The Hall–Kier alpha value is -2.46. The minimum absolute atomic E-state index is 0.337. The summed E-state index contributed by atoms with van der Waals surface area (Å²) in [4.78, 5) is 2.33. The van der Waals surface area contributed by atoms with E-state index in [2.05, 4.69) is 29.6 Å². The molecule has 3 rings (SSSR count). The first-order valence-electron chi connectivity index (χ1n) is 7.25. The molecular formula is C19H16FNOS. The Kier molecular flexibility index (Phi) is 4.83. The number of nitrogens with one attached hydrogen (secondary N) is 1. The monoisotopic (exact) mass is 325 g/mol. The van der Waals surface area contributed by atoms with Crippen molar-refractivity contribution in [2.45, 2.75) is 16.3 Å². The van der Waals surface area contributed by atoms with Gasteiger partial charge in [-0.2, -0.15) is 0 Å². The fraction of sp³-hybridized carbons (Fsp3) is 0.0526. The van der Waals surface area contributed by atoms with E-state index in [1.54, 1.807) is 17.8 Å². The highest BCUT2D eigenvalue weighted by Gasteiger charge is 2.05. The second kappa shape index (κ2) is 7.20. The molecule has 0 bridgehead atoms. The van der Waals surface area contributed by atoms with Crippen LogP contribution in [0.5, 0.6) is 5.75 Å². The molecule has 0 aliphatic heterocycles. The van der Waals surface area contributed by atoms with Gasteiger partial charge >= 0.3 is 0 Å². The summed E-state index contributed by atoms with van der Waals surface area (Å²) in [6.45, 7) is 0.584. The van der Waals surface area contributed by atoms with Crippen molar-refractivity contribution in [3.05, 3.63) is 84.2 Å². The lowest BCUT2D eigenvalue weighted by molar-refractivity contribution is 0.432. The molecule has 2 nitrogen and oxygen atoms in total. The molecule has 3 aromatic carbocycles. The highest BCUT2D eigenvalue weighted by Crippen LogP contribution is 2.30. The average molecular weight is 325 g/mol. The zero-order valence-corrected chi connectivity index (χ0v) is 13.2. The zero-order chi connectivity index (χ0) is 16.1. The van der Waals surface area contributed by atoms with Gasteiger partial charge in [0.1, 0.15) is 0 Å². The maximum atomic E-state index is 13.4. The van der Waals surface area contributed by atoms with Crippen LogP contribution in [0.4, 0.5) is 10.1 Å². The molecular weight excluding hydrogens is 309 g/mol. The number of anilines is 1. The molecule has 116 valence electrons. The molecule has 0 atom stereocenters. The maximum Gasteiger partial charge on any atom is 0.166 e. The summed E-state index contributed by atoms with van der Waals surface area (Å²) in [6.07, 6.45) is 0. The van der Waals surface area contributed by atoms with E-state index in [0.717, 1.165) is 10.5 Å². The summed E-state index contributed by atoms with van der Waals surface area (Å²) in [5.74, 6) is -0.961. The second-order valence-corrected chi connectivity index (χ2v) is 6.16. The van der Waals surface area contributed by atoms with Crippen LogP contribution < -0.4 is 5.32 Å². The lowest BCUT2D eigenvalue weighted by Crippen LogP contribution is -2.01. The van der Waals surface area contributed by atoms with Crippen LogP contribution in [-0.2, 0) is 6.54 Å². The van der Waals surface area contributed by atoms with Crippen molar-refractivity contribution in [2.75, 3.05) is 5.32 Å². The van der Waals surface area contributed by atoms with Gasteiger partial charge in [0.25, 0.3) is 0 Å². The van der Waals surface area contributed by atoms with Gasteiger partial charge in [0.05, 0.1) is 0 Å². The first-order chi connectivity index (χ1) is 11.2. The van der Waals surface area contributed by atoms with Crippen molar-refractivity contribution in [1.82, 2.24) is 0 Å². The van der Waals surface area contributed by atoms with Gasteiger partial charge < -0.3 is 10.4 Å². The molecule has 0 heterocycles. The van der Waals surface area contributed by atoms with Crippen LogP contribution >= 0.6 is 11.8 Å². The van der Waals surface area contributed by atoms with E-state index in [4.69, 9.17) is 0 Å². The van der Waals surface area contributed by atoms with Gasteiger partial charge in [-0.3, -0.25) is 0 Å². The molecule has 0 radical (unpaired) electrons. The summed E-state index contributed by atoms with van der Waals surface area (Å²) in [5, 5.41) is 12.4. The maximum absolute atomic E-state index is 13.4. The minimum atomic E-state index is -0.623. The highest BCUT2D eigenvalue weighted by atomic mass is 32.2. The summed E-state index contributed by atoms with van der Waals surface area (Å²) in [6, 6.07) is 22.6. The number of hydrogen-bond acceptors (Lipinski definition) is 3. The van der Waals surface area contributed by atoms with Crippen LogP contribution in [0.3, 0.4) is 0 Å². The molecule has 3 aromatic rings. The molecule has 0 aliphatic carbocycles. The number of halogens is 1. The van der Waals surface area contributed by atoms with Crippen LogP contribution in [0, 0.1) is 5.82 Å². The Labute approximate surface area is 139 Å². The Bertz CT molecular complexity index is 792. The van der Waals surface area contributed by atoms with Crippen molar-refractivity contribution in [2.24, 2.45) is 0 Å². The predicted octanol–water partition coefficient (Wildman–Crippen LogP) is 5.29. The highest BCUT2D eigenvalue weighted by molar-refractivity contribution is 7.99. The summed E-state index contributed by atoms with van der Waals surface area (Å²) < 4.78 is 13.4. The molecule has 0 aromatic heterocycles. The molecule has 0 saturated carbocycles. The summed E-state index contributed by atoms with van der Waals surface area (Å²) >= 11 is 1.70. The Morgan fingerprint density at radius 1 is 0.913 bits per heavy atom. The van der Waals surface area contributed by atoms with Crippen LogP contribution in [0.1, 0.15) is 5.56 Å². The van der Waals surface area contributed by atoms with Gasteiger partial charge in [0.2, 0.25) is 0 Å². The lowest BCUT2D eigenvalue weighted by atomic mass is 10.2. The smallest absolute Gasteiger partial charge is 0.166 e. The normalized spacial score (nSPS) is 10.5. The zero-order valence-electron chi connectivity index (χ0n) is 12.4. The number of phenolic OH excluding ortho intramolecular Hbond substituents is 1. The number of phenols is 1. The van der Waals surface area contributed by atoms with Gasteiger partial charge in [-0.05, 0) is 35.9 Å². The lowest BCUT2D eigenvalue weighted by Gasteiger charge is -2.11. The van der Waals surface area contributed by atoms with Crippen molar-refractivity contribution >= 4 is 17.4 Å². The number of rotatable bonds is 5. The SMILES string of the molecule is Oc1ccc(NCc2ccccc2Sc2ccccc2)cc1F. The van der Waals surface area contributed by atoms with Gasteiger partial charge in [-0.15, -0.1) is 0 Å². The van der Waals surface area contributed by atoms with Crippen LogP contribution in [-0.4, -0.2) is 5.11 Å². The molecule has 0 amide bonds. The second-order valence-electron chi connectivity index (χ2n) is 5.04. The predicted molar refractivity (Wildman–Crippen MR) is 92.4 cm³/mol. The molecule has 2 N–H and O–H groups in total. The van der Waals surface area contributed by atoms with Crippen molar-refractivity contribution in [3.8, 4) is 5.75 Å². The third-order valence-electron chi connectivity index (χ3n) is 3.37. The topological polar surface area (TPSA) is 32.3 Å². The van der Waals surface area contributed by atoms with E-state index in [1.165, 1.54) is 17.0 Å². The molecule has 0 spiro atoms. The van der Waals surface area contributed by atoms with Gasteiger partial charge in [0, 0.05) is 28.1 Å². The van der Waals surface area contributed by atoms with Gasteiger partial charge in [-0.25, -0.2) is 4.39 Å². The van der Waals surface area contributed by atoms with Crippen LogP contribution in [0.25, 0.3) is 0 Å². The standard InChI is InChI=1S/C19H16FNOS/c20-17-12-15(10-11-18(17)22)21-13-14-6-4-5-9-19(14)23-16-7-2-1-3-8-16/h1-12,21-22H,13H2. The van der Waals surface area contributed by atoms with E-state index in [-0.39, 0.29) is 5.75 Å².